The van der Waals surface area contributed by atoms with Crippen molar-refractivity contribution in [1.29, 1.82) is 0 Å². The lowest BCUT2D eigenvalue weighted by atomic mass is 10.1. The Morgan fingerprint density at radius 1 is 0.909 bits per heavy atom. The molecule has 1 heterocycles. The van der Waals surface area contributed by atoms with E-state index in [1.165, 1.54) is 0 Å². The molecule has 0 N–H and O–H groups in total. The molecule has 3 aromatic rings. The number of oxazole rings is 1. The van der Waals surface area contributed by atoms with Gasteiger partial charge in [0.2, 0.25) is 5.89 Å². The van der Waals surface area contributed by atoms with E-state index in [-0.39, 0.29) is 0 Å². The van der Waals surface area contributed by atoms with Crippen molar-refractivity contribution in [2.24, 2.45) is 0 Å². The molecule has 22 heavy (non-hydrogen) atoms. The van der Waals surface area contributed by atoms with Crippen molar-refractivity contribution in [3.05, 3.63) is 54.8 Å². The van der Waals surface area contributed by atoms with Gasteiger partial charge in [0.15, 0.2) is 0 Å². The van der Waals surface area contributed by atoms with Gasteiger partial charge in [0, 0.05) is 30.9 Å². The first kappa shape index (κ1) is 14.2. The van der Waals surface area contributed by atoms with Crippen LogP contribution >= 0.6 is 0 Å². The Hall–Kier alpha value is -2.75. The molecular formula is C18H18N2O2. The van der Waals surface area contributed by atoms with Crippen LogP contribution in [0.3, 0.4) is 0 Å². The van der Waals surface area contributed by atoms with Crippen molar-refractivity contribution >= 4 is 5.69 Å². The van der Waals surface area contributed by atoms with Gasteiger partial charge in [-0.1, -0.05) is 12.1 Å². The predicted octanol–water partition coefficient (Wildman–Crippen LogP) is 4.08. The molecule has 0 spiro atoms. The Morgan fingerprint density at radius 2 is 1.55 bits per heavy atom. The van der Waals surface area contributed by atoms with Crippen LogP contribution in [0.15, 0.2) is 59.2 Å². The van der Waals surface area contributed by atoms with Gasteiger partial charge in [-0.15, -0.1) is 0 Å². The minimum atomic E-state index is 0.606. The molecule has 0 saturated heterocycles. The maximum atomic E-state index is 5.59. The summed E-state index contributed by atoms with van der Waals surface area (Å²) in [5.74, 6) is 1.42. The summed E-state index contributed by atoms with van der Waals surface area (Å²) in [6, 6.07) is 15.9. The zero-order chi connectivity index (χ0) is 15.5. The van der Waals surface area contributed by atoms with E-state index < -0.39 is 0 Å². The average Bonchev–Trinajstić information content (AvgIpc) is 3.05. The van der Waals surface area contributed by atoms with Crippen LogP contribution in [0.5, 0.6) is 5.75 Å². The van der Waals surface area contributed by atoms with E-state index in [0.717, 1.165) is 28.3 Å². The molecule has 3 rings (SSSR count). The van der Waals surface area contributed by atoms with Gasteiger partial charge < -0.3 is 14.1 Å². The second-order valence-corrected chi connectivity index (χ2v) is 5.21. The molecule has 0 aliphatic rings. The molecule has 0 saturated carbocycles. The first-order valence-electron chi connectivity index (χ1n) is 7.05. The van der Waals surface area contributed by atoms with Gasteiger partial charge in [0.25, 0.3) is 0 Å². The fourth-order valence-electron chi connectivity index (χ4n) is 2.20. The third-order valence-corrected chi connectivity index (χ3v) is 3.52. The van der Waals surface area contributed by atoms with Crippen molar-refractivity contribution in [2.75, 3.05) is 26.1 Å². The van der Waals surface area contributed by atoms with Crippen LogP contribution in [0.1, 0.15) is 0 Å². The first-order chi connectivity index (χ1) is 10.7. The first-order valence-corrected chi connectivity index (χ1v) is 7.05. The number of anilines is 1. The number of rotatable bonds is 4. The second-order valence-electron chi connectivity index (χ2n) is 5.21. The maximum Gasteiger partial charge on any atom is 0.226 e. The van der Waals surface area contributed by atoms with Crippen molar-refractivity contribution in [2.45, 2.75) is 0 Å². The summed E-state index contributed by atoms with van der Waals surface area (Å²) < 4.78 is 10.7. The van der Waals surface area contributed by atoms with E-state index in [1.807, 2.05) is 50.5 Å². The normalized spacial score (nSPS) is 10.5. The van der Waals surface area contributed by atoms with Crippen LogP contribution in [0.2, 0.25) is 0 Å². The maximum absolute atomic E-state index is 5.59. The number of ether oxygens (including phenoxy) is 1. The fourth-order valence-corrected chi connectivity index (χ4v) is 2.20. The number of aromatic nitrogens is 1. The van der Waals surface area contributed by atoms with E-state index in [2.05, 4.69) is 22.0 Å². The predicted molar refractivity (Wildman–Crippen MR) is 88.3 cm³/mol. The summed E-state index contributed by atoms with van der Waals surface area (Å²) in [5, 5.41) is 0. The summed E-state index contributed by atoms with van der Waals surface area (Å²) in [6.07, 6.45) is 1.68. The summed E-state index contributed by atoms with van der Waals surface area (Å²) in [7, 11) is 5.69. The Balaban J connectivity index is 1.86. The lowest BCUT2D eigenvalue weighted by molar-refractivity contribution is 0.415. The molecule has 0 bridgehead atoms. The molecule has 4 heteroatoms. The number of methoxy groups -OCH3 is 1. The Kier molecular flexibility index (Phi) is 3.83. The monoisotopic (exact) mass is 294 g/mol. The highest BCUT2D eigenvalue weighted by Gasteiger charge is 2.09. The Bertz CT molecular complexity index is 744. The standard InChI is InChI=1S/C18H18N2O2/c1-20(2)15-8-4-13(5-9-15)17-12-22-18(19-17)14-6-10-16(21-3)11-7-14/h4-12H,1-3H3. The van der Waals surface area contributed by atoms with Crippen molar-refractivity contribution < 1.29 is 9.15 Å². The van der Waals surface area contributed by atoms with Crippen LogP contribution in [0.25, 0.3) is 22.7 Å². The van der Waals surface area contributed by atoms with E-state index in [4.69, 9.17) is 9.15 Å². The molecule has 2 aromatic carbocycles. The van der Waals surface area contributed by atoms with Gasteiger partial charge in [-0.3, -0.25) is 0 Å². The van der Waals surface area contributed by atoms with Crippen LogP contribution in [0.4, 0.5) is 5.69 Å². The van der Waals surface area contributed by atoms with Gasteiger partial charge in [-0.2, -0.15) is 0 Å². The Labute approximate surface area is 130 Å². The van der Waals surface area contributed by atoms with Gasteiger partial charge in [-0.05, 0) is 36.4 Å². The highest BCUT2D eigenvalue weighted by Crippen LogP contribution is 2.27. The molecule has 0 amide bonds. The molecule has 0 radical (unpaired) electrons. The zero-order valence-electron chi connectivity index (χ0n) is 12.9. The van der Waals surface area contributed by atoms with Gasteiger partial charge in [-0.25, -0.2) is 4.98 Å². The second kappa shape index (κ2) is 5.93. The Morgan fingerprint density at radius 3 is 2.14 bits per heavy atom. The zero-order valence-corrected chi connectivity index (χ0v) is 12.9. The molecular weight excluding hydrogens is 276 g/mol. The topological polar surface area (TPSA) is 38.5 Å². The SMILES string of the molecule is COc1ccc(-c2nc(-c3ccc(N(C)C)cc3)co2)cc1. The third-order valence-electron chi connectivity index (χ3n) is 3.52. The molecule has 0 fully saturated rings. The van der Waals surface area contributed by atoms with E-state index in [0.29, 0.717) is 5.89 Å². The quantitative estimate of drug-likeness (QED) is 0.726. The van der Waals surface area contributed by atoms with E-state index in [1.54, 1.807) is 13.4 Å². The summed E-state index contributed by atoms with van der Waals surface area (Å²) in [4.78, 5) is 6.62. The lowest BCUT2D eigenvalue weighted by Crippen LogP contribution is -2.07. The lowest BCUT2D eigenvalue weighted by Gasteiger charge is -2.11. The van der Waals surface area contributed by atoms with Gasteiger partial charge >= 0.3 is 0 Å². The highest BCUT2D eigenvalue weighted by atomic mass is 16.5. The molecule has 1 aromatic heterocycles. The van der Waals surface area contributed by atoms with Crippen molar-refractivity contribution in [3.63, 3.8) is 0 Å². The fraction of sp³-hybridized carbons (Fsp3) is 0.167. The summed E-state index contributed by atoms with van der Waals surface area (Å²) in [6.45, 7) is 0. The van der Waals surface area contributed by atoms with Crippen molar-refractivity contribution in [1.82, 2.24) is 4.98 Å². The minimum absolute atomic E-state index is 0.606. The molecule has 0 aliphatic heterocycles. The van der Waals surface area contributed by atoms with Gasteiger partial charge in [0.05, 0.1) is 7.11 Å². The summed E-state index contributed by atoms with van der Waals surface area (Å²) in [5.41, 5.74) is 3.95. The summed E-state index contributed by atoms with van der Waals surface area (Å²) >= 11 is 0. The van der Waals surface area contributed by atoms with Crippen LogP contribution in [-0.4, -0.2) is 26.2 Å². The third kappa shape index (κ3) is 2.81. The molecule has 0 atom stereocenters. The number of nitrogens with zero attached hydrogens (tertiary/aromatic N) is 2. The molecule has 4 nitrogen and oxygen atoms in total. The molecule has 112 valence electrons. The van der Waals surface area contributed by atoms with Crippen LogP contribution in [0, 0.1) is 0 Å². The van der Waals surface area contributed by atoms with Crippen LogP contribution in [-0.2, 0) is 0 Å². The number of benzene rings is 2. The van der Waals surface area contributed by atoms with E-state index in [9.17, 15) is 0 Å². The highest BCUT2D eigenvalue weighted by molar-refractivity contribution is 5.65. The van der Waals surface area contributed by atoms with E-state index >= 15 is 0 Å². The largest absolute Gasteiger partial charge is 0.497 e. The molecule has 0 aliphatic carbocycles. The minimum Gasteiger partial charge on any atom is -0.497 e. The smallest absolute Gasteiger partial charge is 0.226 e. The van der Waals surface area contributed by atoms with Crippen LogP contribution < -0.4 is 9.64 Å². The molecule has 0 unspecified atom stereocenters. The average molecular weight is 294 g/mol. The number of hydrogen-bond donors (Lipinski definition) is 0. The van der Waals surface area contributed by atoms with Gasteiger partial charge in [0.1, 0.15) is 17.7 Å². The number of hydrogen-bond acceptors (Lipinski definition) is 4. The van der Waals surface area contributed by atoms with Crippen molar-refractivity contribution in [3.8, 4) is 28.5 Å².